The topological polar surface area (TPSA) is 94.2 Å². The number of hydrogen-bond acceptors (Lipinski definition) is 6. The summed E-state index contributed by atoms with van der Waals surface area (Å²) in [6.07, 6.45) is 1.36. The van der Waals surface area contributed by atoms with E-state index in [1.165, 1.54) is 27.4 Å². The molecular weight excluding hydrogens is 376 g/mol. The summed E-state index contributed by atoms with van der Waals surface area (Å²) < 4.78 is 16.0. The first-order valence-electron chi connectivity index (χ1n) is 8.72. The van der Waals surface area contributed by atoms with Crippen molar-refractivity contribution in [2.45, 2.75) is 6.54 Å². The number of rotatable bonds is 6. The quantitative estimate of drug-likeness (QED) is 0.595. The minimum absolute atomic E-state index is 0.0409. The summed E-state index contributed by atoms with van der Waals surface area (Å²) in [6.45, 7) is 0.0409. The molecule has 29 heavy (non-hydrogen) atoms. The van der Waals surface area contributed by atoms with Gasteiger partial charge in [0.25, 0.3) is 11.8 Å². The van der Waals surface area contributed by atoms with Gasteiger partial charge in [-0.3, -0.25) is 19.8 Å². The minimum Gasteiger partial charge on any atom is -0.493 e. The number of carbonyl (C=O) groups is 3. The van der Waals surface area contributed by atoms with E-state index in [9.17, 15) is 14.4 Å². The van der Waals surface area contributed by atoms with Crippen molar-refractivity contribution in [1.82, 2.24) is 10.2 Å². The largest absolute Gasteiger partial charge is 0.493 e. The summed E-state index contributed by atoms with van der Waals surface area (Å²) in [5.41, 5.74) is 0.997. The van der Waals surface area contributed by atoms with E-state index in [2.05, 4.69) is 5.32 Å². The van der Waals surface area contributed by atoms with Crippen LogP contribution in [0.4, 0.5) is 4.79 Å². The Bertz CT molecular complexity index is 984. The van der Waals surface area contributed by atoms with Crippen molar-refractivity contribution < 1.29 is 28.6 Å². The molecule has 2 aromatic rings. The predicted octanol–water partition coefficient (Wildman–Crippen LogP) is 2.37. The van der Waals surface area contributed by atoms with Gasteiger partial charge in [0.15, 0.2) is 11.5 Å². The fourth-order valence-electron chi connectivity index (χ4n) is 3.00. The molecule has 0 spiro atoms. The van der Waals surface area contributed by atoms with Crippen LogP contribution in [0.1, 0.15) is 11.1 Å². The van der Waals surface area contributed by atoms with Crippen LogP contribution < -0.4 is 19.5 Å². The van der Waals surface area contributed by atoms with Crippen LogP contribution in [0.5, 0.6) is 17.2 Å². The molecule has 1 fully saturated rings. The van der Waals surface area contributed by atoms with Gasteiger partial charge in [0.1, 0.15) is 5.57 Å². The molecule has 1 aliphatic heterocycles. The highest BCUT2D eigenvalue weighted by Gasteiger charge is 2.36. The van der Waals surface area contributed by atoms with Gasteiger partial charge in [-0.05, 0) is 23.8 Å². The number of methoxy groups -OCH3 is 3. The summed E-state index contributed by atoms with van der Waals surface area (Å²) in [4.78, 5) is 38.5. The zero-order valence-electron chi connectivity index (χ0n) is 16.2. The number of urea groups is 1. The van der Waals surface area contributed by atoms with Crippen molar-refractivity contribution in [2.24, 2.45) is 0 Å². The van der Waals surface area contributed by atoms with Crippen molar-refractivity contribution >= 4 is 23.9 Å². The van der Waals surface area contributed by atoms with Crippen LogP contribution >= 0.6 is 0 Å². The maximum absolute atomic E-state index is 12.9. The summed E-state index contributed by atoms with van der Waals surface area (Å²) >= 11 is 0. The van der Waals surface area contributed by atoms with Crippen LogP contribution in [0.15, 0.2) is 48.0 Å². The van der Waals surface area contributed by atoms with E-state index in [0.717, 1.165) is 10.5 Å². The lowest BCUT2D eigenvalue weighted by atomic mass is 10.0. The predicted molar refractivity (Wildman–Crippen MR) is 105 cm³/mol. The van der Waals surface area contributed by atoms with Gasteiger partial charge in [-0.1, -0.05) is 30.3 Å². The lowest BCUT2D eigenvalue weighted by Gasteiger charge is -2.26. The molecule has 0 aromatic heterocycles. The molecule has 3 rings (SSSR count). The molecule has 0 saturated carbocycles. The average Bonchev–Trinajstić information content (AvgIpc) is 2.74. The molecule has 0 atom stereocenters. The molecule has 4 amide bonds. The highest BCUT2D eigenvalue weighted by molar-refractivity contribution is 6.31. The second-order valence-corrected chi connectivity index (χ2v) is 6.12. The summed E-state index contributed by atoms with van der Waals surface area (Å²) in [6, 6.07) is 11.5. The zero-order valence-corrected chi connectivity index (χ0v) is 16.2. The maximum atomic E-state index is 12.9. The van der Waals surface area contributed by atoms with E-state index in [1.807, 2.05) is 6.07 Å². The molecule has 150 valence electrons. The van der Waals surface area contributed by atoms with E-state index >= 15 is 0 Å². The Balaban J connectivity index is 2.01. The maximum Gasteiger partial charge on any atom is 0.331 e. The van der Waals surface area contributed by atoms with Gasteiger partial charge in [-0.25, -0.2) is 4.79 Å². The normalized spacial score (nSPS) is 15.3. The molecule has 1 saturated heterocycles. The molecule has 2 aromatic carbocycles. The van der Waals surface area contributed by atoms with Crippen molar-refractivity contribution in [2.75, 3.05) is 21.3 Å². The van der Waals surface area contributed by atoms with Crippen molar-refractivity contribution in [3.05, 3.63) is 59.2 Å². The first kappa shape index (κ1) is 19.9. The highest BCUT2D eigenvalue weighted by atomic mass is 16.5. The molecule has 1 aliphatic rings. The van der Waals surface area contributed by atoms with Gasteiger partial charge >= 0.3 is 6.03 Å². The molecule has 8 heteroatoms. The third-order valence-corrected chi connectivity index (χ3v) is 4.40. The lowest BCUT2D eigenvalue weighted by Crippen LogP contribution is -2.53. The number of amides is 4. The fraction of sp³-hybridized carbons (Fsp3) is 0.190. The van der Waals surface area contributed by atoms with Gasteiger partial charge in [0, 0.05) is 5.56 Å². The number of barbiturate groups is 1. The number of ether oxygens (including phenoxy) is 3. The molecular formula is C21H20N2O6. The van der Waals surface area contributed by atoms with Crippen LogP contribution in [0.2, 0.25) is 0 Å². The van der Waals surface area contributed by atoms with Crippen LogP contribution in [0.3, 0.4) is 0 Å². The molecule has 1 N–H and O–H groups in total. The van der Waals surface area contributed by atoms with Gasteiger partial charge in [0.05, 0.1) is 27.9 Å². The molecule has 0 unspecified atom stereocenters. The van der Waals surface area contributed by atoms with Crippen molar-refractivity contribution in [1.29, 1.82) is 0 Å². The number of carbonyl (C=O) groups excluding carboxylic acids is 3. The van der Waals surface area contributed by atoms with E-state index < -0.39 is 17.8 Å². The molecule has 0 aliphatic carbocycles. The van der Waals surface area contributed by atoms with Gasteiger partial charge < -0.3 is 14.2 Å². The molecule has 0 radical (unpaired) electrons. The Morgan fingerprint density at radius 2 is 1.59 bits per heavy atom. The van der Waals surface area contributed by atoms with E-state index in [0.29, 0.717) is 22.8 Å². The summed E-state index contributed by atoms with van der Waals surface area (Å²) in [5, 5.41) is 2.20. The first-order chi connectivity index (χ1) is 14.0. The van der Waals surface area contributed by atoms with E-state index in [4.69, 9.17) is 14.2 Å². The Morgan fingerprint density at radius 1 is 0.897 bits per heavy atom. The smallest absolute Gasteiger partial charge is 0.331 e. The third kappa shape index (κ3) is 3.91. The number of hydrogen-bond donors (Lipinski definition) is 1. The van der Waals surface area contributed by atoms with Crippen molar-refractivity contribution in [3.8, 4) is 17.2 Å². The van der Waals surface area contributed by atoms with Crippen molar-refractivity contribution in [3.63, 3.8) is 0 Å². The Morgan fingerprint density at radius 3 is 2.21 bits per heavy atom. The second kappa shape index (κ2) is 8.47. The highest BCUT2D eigenvalue weighted by Crippen LogP contribution is 2.40. The lowest BCUT2D eigenvalue weighted by molar-refractivity contribution is -0.130. The van der Waals surface area contributed by atoms with Gasteiger partial charge in [0.2, 0.25) is 5.75 Å². The number of imide groups is 2. The van der Waals surface area contributed by atoms with Crippen LogP contribution in [0, 0.1) is 0 Å². The Hall–Kier alpha value is -3.81. The fourth-order valence-corrected chi connectivity index (χ4v) is 3.00. The Kier molecular flexibility index (Phi) is 5.82. The number of nitrogens with zero attached hydrogens (tertiary/aromatic N) is 1. The zero-order chi connectivity index (χ0) is 21.0. The van der Waals surface area contributed by atoms with Gasteiger partial charge in [-0.2, -0.15) is 0 Å². The molecule has 1 heterocycles. The van der Waals surface area contributed by atoms with E-state index in [1.54, 1.807) is 36.4 Å². The summed E-state index contributed by atoms with van der Waals surface area (Å²) in [5.74, 6) is -0.413. The SMILES string of the molecule is COc1ccc(/C=C2\C(=O)NC(=O)N(Cc3ccccc3)C2=O)c(OC)c1OC. The summed E-state index contributed by atoms with van der Waals surface area (Å²) in [7, 11) is 4.38. The third-order valence-electron chi connectivity index (χ3n) is 4.40. The van der Waals surface area contributed by atoms with Crippen LogP contribution in [-0.2, 0) is 16.1 Å². The first-order valence-corrected chi connectivity index (χ1v) is 8.72. The second-order valence-electron chi connectivity index (χ2n) is 6.12. The monoisotopic (exact) mass is 396 g/mol. The molecule has 8 nitrogen and oxygen atoms in total. The van der Waals surface area contributed by atoms with Crippen LogP contribution in [-0.4, -0.2) is 44.1 Å². The Labute approximate surface area is 167 Å². The number of nitrogens with one attached hydrogen (secondary N) is 1. The standard InChI is InChI=1S/C21H20N2O6/c1-27-16-10-9-14(17(28-2)18(16)29-3)11-15-19(24)22-21(26)23(20(15)25)12-13-7-5-4-6-8-13/h4-11H,12H2,1-3H3,(H,22,24,26)/b15-11+. The number of benzene rings is 2. The van der Waals surface area contributed by atoms with Crippen LogP contribution in [0.25, 0.3) is 6.08 Å². The molecule has 0 bridgehead atoms. The minimum atomic E-state index is -0.777. The van der Waals surface area contributed by atoms with E-state index in [-0.39, 0.29) is 12.1 Å². The average molecular weight is 396 g/mol. The van der Waals surface area contributed by atoms with Gasteiger partial charge in [-0.15, -0.1) is 0 Å².